The van der Waals surface area contributed by atoms with E-state index in [4.69, 9.17) is 16.2 Å². The third kappa shape index (κ3) is 9.69. The fourth-order valence-electron chi connectivity index (χ4n) is 1.28. The van der Waals surface area contributed by atoms with Gasteiger partial charge in [0.25, 0.3) is 0 Å². The molecule has 15 heavy (non-hydrogen) atoms. The summed E-state index contributed by atoms with van der Waals surface area (Å²) in [6, 6.07) is -0.662. The number of hydrogen-bond acceptors (Lipinski definition) is 3. The van der Waals surface area contributed by atoms with Crippen LogP contribution in [0.4, 0.5) is 0 Å². The first kappa shape index (κ1) is 14.4. The number of ether oxygens (including phenoxy) is 1. The van der Waals surface area contributed by atoms with E-state index in [1.807, 2.05) is 0 Å². The Morgan fingerprint density at radius 3 is 2.40 bits per heavy atom. The lowest BCUT2D eigenvalue weighted by atomic mass is 10.1. The van der Waals surface area contributed by atoms with Crippen LogP contribution in [0.15, 0.2) is 0 Å². The first-order valence-electron chi connectivity index (χ1n) is 5.81. The highest BCUT2D eigenvalue weighted by molar-refractivity contribution is 5.79. The van der Waals surface area contributed by atoms with Crippen LogP contribution in [0.5, 0.6) is 0 Å². The van der Waals surface area contributed by atoms with E-state index in [9.17, 15) is 4.79 Å². The summed E-state index contributed by atoms with van der Waals surface area (Å²) in [5, 5.41) is 0. The number of rotatable bonds is 10. The third-order valence-electron chi connectivity index (χ3n) is 2.31. The summed E-state index contributed by atoms with van der Waals surface area (Å²) in [6.45, 7) is 3.12. The number of nitrogens with two attached hydrogens (primary N) is 2. The van der Waals surface area contributed by atoms with Gasteiger partial charge in [-0.25, -0.2) is 0 Å². The highest BCUT2D eigenvalue weighted by Gasteiger charge is 2.07. The smallest absolute Gasteiger partial charge is 0.236 e. The molecule has 4 heteroatoms. The van der Waals surface area contributed by atoms with Gasteiger partial charge in [0, 0.05) is 6.61 Å². The molecule has 0 aromatic rings. The van der Waals surface area contributed by atoms with E-state index < -0.39 is 11.9 Å². The van der Waals surface area contributed by atoms with Gasteiger partial charge in [-0.05, 0) is 6.42 Å². The Kier molecular flexibility index (Phi) is 9.52. The van der Waals surface area contributed by atoms with Crippen LogP contribution in [0, 0.1) is 0 Å². The number of carbonyl (C=O) groups is 1. The number of carbonyl (C=O) groups excluding carboxylic acids is 1. The van der Waals surface area contributed by atoms with Gasteiger partial charge in [-0.3, -0.25) is 4.79 Å². The fourth-order valence-corrected chi connectivity index (χ4v) is 1.28. The Labute approximate surface area is 92.3 Å². The maximum Gasteiger partial charge on any atom is 0.236 e. The molecule has 0 fully saturated rings. The fraction of sp³-hybridized carbons (Fsp3) is 0.909. The van der Waals surface area contributed by atoms with E-state index >= 15 is 0 Å². The van der Waals surface area contributed by atoms with Crippen LogP contribution in [0.2, 0.25) is 0 Å². The summed E-state index contributed by atoms with van der Waals surface area (Å²) in [4.78, 5) is 10.6. The molecule has 0 aliphatic carbocycles. The highest BCUT2D eigenvalue weighted by atomic mass is 16.5. The average molecular weight is 216 g/mol. The molecule has 0 saturated carbocycles. The SMILES string of the molecule is CCCCCCCCOCC(N)C(N)=O. The van der Waals surface area contributed by atoms with Crippen molar-refractivity contribution in [1.29, 1.82) is 0 Å². The van der Waals surface area contributed by atoms with Gasteiger partial charge >= 0.3 is 0 Å². The number of amides is 1. The van der Waals surface area contributed by atoms with Crippen LogP contribution in [0.1, 0.15) is 45.4 Å². The Hall–Kier alpha value is -0.610. The van der Waals surface area contributed by atoms with Gasteiger partial charge in [-0.2, -0.15) is 0 Å². The Balaban J connectivity index is 3.08. The predicted octanol–water partition coefficient (Wildman–Crippen LogP) is 1.18. The molecule has 1 amide bonds. The van der Waals surface area contributed by atoms with E-state index in [2.05, 4.69) is 6.92 Å². The standard InChI is InChI=1S/C11H24N2O2/c1-2-3-4-5-6-7-8-15-9-10(12)11(13)14/h10H,2-9,12H2,1H3,(H2,13,14). The van der Waals surface area contributed by atoms with Crippen molar-refractivity contribution in [2.24, 2.45) is 11.5 Å². The van der Waals surface area contributed by atoms with Crippen LogP contribution in [-0.4, -0.2) is 25.2 Å². The van der Waals surface area contributed by atoms with Gasteiger partial charge in [-0.15, -0.1) is 0 Å². The van der Waals surface area contributed by atoms with Crippen LogP contribution in [0.25, 0.3) is 0 Å². The monoisotopic (exact) mass is 216 g/mol. The molecule has 0 heterocycles. The van der Waals surface area contributed by atoms with Crippen LogP contribution >= 0.6 is 0 Å². The highest BCUT2D eigenvalue weighted by Crippen LogP contribution is 2.04. The molecule has 0 rings (SSSR count). The average Bonchev–Trinajstić information content (AvgIpc) is 2.21. The molecule has 0 radical (unpaired) electrons. The first-order valence-corrected chi connectivity index (χ1v) is 5.81. The quantitative estimate of drug-likeness (QED) is 0.538. The molecule has 0 aromatic carbocycles. The summed E-state index contributed by atoms with van der Waals surface area (Å²) in [7, 11) is 0. The summed E-state index contributed by atoms with van der Waals surface area (Å²) < 4.78 is 5.24. The van der Waals surface area contributed by atoms with Gasteiger partial charge in [0.2, 0.25) is 5.91 Å². The number of hydrogen-bond donors (Lipinski definition) is 2. The maximum atomic E-state index is 10.6. The van der Waals surface area contributed by atoms with Gasteiger partial charge in [0.05, 0.1) is 6.61 Å². The predicted molar refractivity (Wildman–Crippen MR) is 61.4 cm³/mol. The van der Waals surface area contributed by atoms with E-state index in [1.165, 1.54) is 32.1 Å². The molecule has 1 unspecified atom stereocenters. The summed E-state index contributed by atoms with van der Waals surface area (Å²) in [5.41, 5.74) is 10.4. The van der Waals surface area contributed by atoms with Crippen molar-refractivity contribution >= 4 is 5.91 Å². The summed E-state index contributed by atoms with van der Waals surface area (Å²) >= 11 is 0. The van der Waals surface area contributed by atoms with Crippen molar-refractivity contribution < 1.29 is 9.53 Å². The topological polar surface area (TPSA) is 78.3 Å². The lowest BCUT2D eigenvalue weighted by Gasteiger charge is -2.08. The zero-order valence-electron chi connectivity index (χ0n) is 9.71. The van der Waals surface area contributed by atoms with Crippen molar-refractivity contribution in [2.45, 2.75) is 51.5 Å². The zero-order valence-corrected chi connectivity index (χ0v) is 9.71. The summed E-state index contributed by atoms with van der Waals surface area (Å²) in [6.07, 6.45) is 7.37. The maximum absolute atomic E-state index is 10.6. The molecule has 0 aliphatic heterocycles. The third-order valence-corrected chi connectivity index (χ3v) is 2.31. The second-order valence-corrected chi connectivity index (χ2v) is 3.85. The van der Waals surface area contributed by atoms with Crippen molar-refractivity contribution in [3.8, 4) is 0 Å². The van der Waals surface area contributed by atoms with Crippen molar-refractivity contribution in [3.05, 3.63) is 0 Å². The Bertz CT molecular complexity index is 163. The van der Waals surface area contributed by atoms with Crippen LogP contribution in [-0.2, 0) is 9.53 Å². The lowest BCUT2D eigenvalue weighted by Crippen LogP contribution is -2.40. The minimum Gasteiger partial charge on any atom is -0.379 e. The molecule has 90 valence electrons. The molecule has 4 N–H and O–H groups in total. The molecular weight excluding hydrogens is 192 g/mol. The molecule has 0 aromatic heterocycles. The van der Waals surface area contributed by atoms with Gasteiger partial charge in [0.1, 0.15) is 6.04 Å². The van der Waals surface area contributed by atoms with Crippen molar-refractivity contribution in [1.82, 2.24) is 0 Å². The zero-order chi connectivity index (χ0) is 11.5. The number of unbranched alkanes of at least 4 members (excludes halogenated alkanes) is 5. The van der Waals surface area contributed by atoms with Crippen LogP contribution < -0.4 is 11.5 Å². The van der Waals surface area contributed by atoms with E-state index in [1.54, 1.807) is 0 Å². The molecule has 0 spiro atoms. The molecular formula is C11H24N2O2. The molecule has 0 aliphatic rings. The first-order chi connectivity index (χ1) is 7.18. The number of primary amides is 1. The van der Waals surface area contributed by atoms with Gasteiger partial charge in [0.15, 0.2) is 0 Å². The second kappa shape index (κ2) is 9.93. The van der Waals surface area contributed by atoms with Crippen molar-refractivity contribution in [2.75, 3.05) is 13.2 Å². The molecule has 4 nitrogen and oxygen atoms in total. The lowest BCUT2D eigenvalue weighted by molar-refractivity contribution is -0.120. The molecule has 1 atom stereocenters. The van der Waals surface area contributed by atoms with E-state index in [-0.39, 0.29) is 6.61 Å². The minimum absolute atomic E-state index is 0.240. The Morgan fingerprint density at radius 2 is 1.80 bits per heavy atom. The van der Waals surface area contributed by atoms with E-state index in [0.29, 0.717) is 6.61 Å². The molecule has 0 bridgehead atoms. The van der Waals surface area contributed by atoms with Crippen molar-refractivity contribution in [3.63, 3.8) is 0 Å². The molecule has 0 saturated heterocycles. The van der Waals surface area contributed by atoms with E-state index in [0.717, 1.165) is 6.42 Å². The summed E-state index contributed by atoms with van der Waals surface area (Å²) in [5.74, 6) is -0.502. The minimum atomic E-state index is -0.662. The Morgan fingerprint density at radius 1 is 1.20 bits per heavy atom. The van der Waals surface area contributed by atoms with Gasteiger partial charge in [-0.1, -0.05) is 39.0 Å². The van der Waals surface area contributed by atoms with Crippen LogP contribution in [0.3, 0.4) is 0 Å². The second-order valence-electron chi connectivity index (χ2n) is 3.85. The largest absolute Gasteiger partial charge is 0.379 e. The van der Waals surface area contributed by atoms with Gasteiger partial charge < -0.3 is 16.2 Å². The normalized spacial score (nSPS) is 12.7.